The van der Waals surface area contributed by atoms with E-state index in [1.807, 2.05) is 36.7 Å². The van der Waals surface area contributed by atoms with Gasteiger partial charge in [-0.2, -0.15) is 0 Å². The van der Waals surface area contributed by atoms with Crippen LogP contribution >= 0.6 is 0 Å². The summed E-state index contributed by atoms with van der Waals surface area (Å²) in [5.74, 6) is -0.417. The summed E-state index contributed by atoms with van der Waals surface area (Å²) in [6.07, 6.45) is 1.42. The first-order chi connectivity index (χ1) is 9.08. The van der Waals surface area contributed by atoms with Gasteiger partial charge in [0.1, 0.15) is 5.52 Å². The number of oxazole rings is 1. The monoisotopic (exact) mass is 255 g/mol. The molecule has 0 spiro atoms. The van der Waals surface area contributed by atoms with E-state index < -0.39 is 5.91 Å². The third kappa shape index (κ3) is 1.71. The van der Waals surface area contributed by atoms with Gasteiger partial charge in [-0.3, -0.25) is 4.79 Å². The molecule has 0 saturated heterocycles. The Labute approximate surface area is 109 Å². The lowest BCUT2D eigenvalue weighted by Gasteiger charge is -2.04. The topological polar surface area (TPSA) is 74.1 Å². The van der Waals surface area contributed by atoms with Gasteiger partial charge in [0.05, 0.1) is 5.56 Å². The standard InChI is InChI=1S/C14H13N3O2/c1-8-10(14(15)18)6-12(17(8)2)9-3-4-11-13(5-9)19-7-16-11/h3-7H,1-2H3,(H2,15,18). The second-order valence-electron chi connectivity index (χ2n) is 4.49. The quantitative estimate of drug-likeness (QED) is 0.763. The summed E-state index contributed by atoms with van der Waals surface area (Å²) in [6.45, 7) is 1.87. The van der Waals surface area contributed by atoms with Gasteiger partial charge in [-0.05, 0) is 25.1 Å². The fraction of sp³-hybridized carbons (Fsp3) is 0.143. The molecule has 0 fully saturated rings. The molecule has 0 aliphatic rings. The fourth-order valence-corrected chi connectivity index (χ4v) is 2.24. The highest BCUT2D eigenvalue weighted by Gasteiger charge is 2.15. The smallest absolute Gasteiger partial charge is 0.250 e. The zero-order chi connectivity index (χ0) is 13.6. The predicted octanol–water partition coefficient (Wildman–Crippen LogP) is 2.24. The van der Waals surface area contributed by atoms with Crippen molar-refractivity contribution in [3.8, 4) is 11.3 Å². The molecule has 5 heteroatoms. The van der Waals surface area contributed by atoms with Gasteiger partial charge >= 0.3 is 0 Å². The van der Waals surface area contributed by atoms with Gasteiger partial charge in [0, 0.05) is 24.0 Å². The first kappa shape index (κ1) is 11.5. The van der Waals surface area contributed by atoms with Crippen molar-refractivity contribution in [1.82, 2.24) is 9.55 Å². The highest BCUT2D eigenvalue weighted by atomic mass is 16.3. The second-order valence-corrected chi connectivity index (χ2v) is 4.49. The second kappa shape index (κ2) is 3.98. The van der Waals surface area contributed by atoms with Crippen LogP contribution in [0.4, 0.5) is 0 Å². The van der Waals surface area contributed by atoms with Crippen LogP contribution in [0.3, 0.4) is 0 Å². The number of amides is 1. The number of nitrogens with zero attached hydrogens (tertiary/aromatic N) is 2. The van der Waals surface area contributed by atoms with Crippen LogP contribution in [0.5, 0.6) is 0 Å². The van der Waals surface area contributed by atoms with E-state index in [4.69, 9.17) is 10.2 Å². The highest BCUT2D eigenvalue weighted by Crippen LogP contribution is 2.27. The van der Waals surface area contributed by atoms with Crippen molar-refractivity contribution in [3.63, 3.8) is 0 Å². The summed E-state index contributed by atoms with van der Waals surface area (Å²) in [7, 11) is 1.90. The largest absolute Gasteiger partial charge is 0.443 e. The van der Waals surface area contributed by atoms with Crippen molar-refractivity contribution in [2.45, 2.75) is 6.92 Å². The highest BCUT2D eigenvalue weighted by molar-refractivity contribution is 5.96. The van der Waals surface area contributed by atoms with Gasteiger partial charge in [0.25, 0.3) is 5.91 Å². The summed E-state index contributed by atoms with van der Waals surface area (Å²) in [5.41, 5.74) is 10.2. The van der Waals surface area contributed by atoms with Crippen molar-refractivity contribution in [2.24, 2.45) is 12.8 Å². The number of carbonyl (C=O) groups excluding carboxylic acids is 1. The molecule has 2 N–H and O–H groups in total. The molecule has 19 heavy (non-hydrogen) atoms. The molecule has 0 aliphatic carbocycles. The Kier molecular flexibility index (Phi) is 2.41. The minimum absolute atomic E-state index is 0.417. The van der Waals surface area contributed by atoms with E-state index in [-0.39, 0.29) is 0 Å². The van der Waals surface area contributed by atoms with E-state index in [2.05, 4.69) is 4.98 Å². The SMILES string of the molecule is Cc1c(C(N)=O)cc(-c2ccc3ncoc3c2)n1C. The minimum atomic E-state index is -0.417. The fourth-order valence-electron chi connectivity index (χ4n) is 2.24. The first-order valence-electron chi connectivity index (χ1n) is 5.87. The molecule has 96 valence electrons. The minimum Gasteiger partial charge on any atom is -0.443 e. The lowest BCUT2D eigenvalue weighted by atomic mass is 10.1. The van der Waals surface area contributed by atoms with Crippen LogP contribution in [-0.4, -0.2) is 15.5 Å². The number of carbonyl (C=O) groups is 1. The molecule has 0 atom stereocenters. The molecule has 0 unspecified atom stereocenters. The van der Waals surface area contributed by atoms with Gasteiger partial charge < -0.3 is 14.7 Å². The Morgan fingerprint density at radius 2 is 2.16 bits per heavy atom. The van der Waals surface area contributed by atoms with Crippen molar-refractivity contribution in [3.05, 3.63) is 41.9 Å². The van der Waals surface area contributed by atoms with Gasteiger partial charge in [0.2, 0.25) is 0 Å². The van der Waals surface area contributed by atoms with Crippen LogP contribution in [0, 0.1) is 6.92 Å². The number of hydrogen-bond donors (Lipinski definition) is 1. The molecule has 0 bridgehead atoms. The Morgan fingerprint density at radius 1 is 1.37 bits per heavy atom. The maximum absolute atomic E-state index is 11.4. The van der Waals surface area contributed by atoms with Crippen LogP contribution in [0.1, 0.15) is 16.1 Å². The van der Waals surface area contributed by atoms with E-state index in [0.29, 0.717) is 5.56 Å². The third-order valence-corrected chi connectivity index (χ3v) is 3.43. The summed E-state index contributed by atoms with van der Waals surface area (Å²) >= 11 is 0. The maximum atomic E-state index is 11.4. The average molecular weight is 255 g/mol. The molecule has 0 radical (unpaired) electrons. The van der Waals surface area contributed by atoms with E-state index in [1.54, 1.807) is 6.07 Å². The number of nitrogens with two attached hydrogens (primary N) is 1. The summed E-state index contributed by atoms with van der Waals surface area (Å²) in [6, 6.07) is 7.54. The molecular formula is C14H13N3O2. The normalized spacial score (nSPS) is 11.1. The van der Waals surface area contributed by atoms with Crippen LogP contribution in [0.2, 0.25) is 0 Å². The Bertz CT molecular complexity index is 783. The van der Waals surface area contributed by atoms with E-state index in [9.17, 15) is 4.79 Å². The molecule has 2 heterocycles. The average Bonchev–Trinajstić information content (AvgIpc) is 2.95. The summed E-state index contributed by atoms with van der Waals surface area (Å²) in [5, 5.41) is 0. The Morgan fingerprint density at radius 3 is 2.84 bits per heavy atom. The molecule has 1 aromatic carbocycles. The van der Waals surface area contributed by atoms with Crippen LogP contribution < -0.4 is 5.73 Å². The van der Waals surface area contributed by atoms with Crippen LogP contribution in [0.25, 0.3) is 22.4 Å². The Hall–Kier alpha value is -2.56. The molecule has 0 saturated carbocycles. The first-order valence-corrected chi connectivity index (χ1v) is 5.87. The van der Waals surface area contributed by atoms with E-state index >= 15 is 0 Å². The van der Waals surface area contributed by atoms with Crippen molar-refractivity contribution in [1.29, 1.82) is 0 Å². The zero-order valence-electron chi connectivity index (χ0n) is 10.7. The number of rotatable bonds is 2. The van der Waals surface area contributed by atoms with Gasteiger partial charge in [0.15, 0.2) is 12.0 Å². The number of benzene rings is 1. The number of hydrogen-bond acceptors (Lipinski definition) is 3. The summed E-state index contributed by atoms with van der Waals surface area (Å²) in [4.78, 5) is 15.4. The van der Waals surface area contributed by atoms with E-state index in [1.165, 1.54) is 6.39 Å². The molecule has 0 aliphatic heterocycles. The summed E-state index contributed by atoms with van der Waals surface area (Å²) < 4.78 is 7.23. The van der Waals surface area contributed by atoms with Gasteiger partial charge in [-0.25, -0.2) is 4.98 Å². The molecule has 5 nitrogen and oxygen atoms in total. The molecule has 1 amide bonds. The zero-order valence-corrected chi connectivity index (χ0v) is 10.7. The molecular weight excluding hydrogens is 242 g/mol. The van der Waals surface area contributed by atoms with Gasteiger partial charge in [-0.15, -0.1) is 0 Å². The lowest BCUT2D eigenvalue weighted by molar-refractivity contribution is 0.0999. The van der Waals surface area contributed by atoms with Crippen LogP contribution in [-0.2, 0) is 7.05 Å². The van der Waals surface area contributed by atoms with Crippen molar-refractivity contribution >= 4 is 17.0 Å². The lowest BCUT2D eigenvalue weighted by Crippen LogP contribution is -2.11. The maximum Gasteiger partial charge on any atom is 0.250 e. The molecule has 3 aromatic rings. The molecule has 2 aromatic heterocycles. The Balaban J connectivity index is 2.20. The van der Waals surface area contributed by atoms with Crippen molar-refractivity contribution in [2.75, 3.05) is 0 Å². The van der Waals surface area contributed by atoms with Gasteiger partial charge in [-0.1, -0.05) is 6.07 Å². The third-order valence-electron chi connectivity index (χ3n) is 3.43. The van der Waals surface area contributed by atoms with Crippen LogP contribution in [0.15, 0.2) is 35.1 Å². The number of aromatic nitrogens is 2. The predicted molar refractivity (Wildman–Crippen MR) is 71.7 cm³/mol. The number of primary amides is 1. The van der Waals surface area contributed by atoms with Crippen molar-refractivity contribution < 1.29 is 9.21 Å². The number of fused-ring (bicyclic) bond motifs is 1. The molecule has 3 rings (SSSR count). The van der Waals surface area contributed by atoms with E-state index in [0.717, 1.165) is 28.1 Å².